The molecule has 1 aliphatic rings. The van der Waals surface area contributed by atoms with E-state index < -0.39 is 0 Å². The first-order valence-electron chi connectivity index (χ1n) is 6.31. The Kier molecular flexibility index (Phi) is 4.23. The van der Waals surface area contributed by atoms with E-state index in [2.05, 4.69) is 0 Å². The largest absolute Gasteiger partial charge is 0.398 e. The number of ether oxygens (including phenoxy) is 1. The number of hydrogen-bond donors (Lipinski definition) is 1. The lowest BCUT2D eigenvalue weighted by atomic mass is 10.1. The summed E-state index contributed by atoms with van der Waals surface area (Å²) in [6, 6.07) is 7.96. The highest BCUT2D eigenvalue weighted by atomic mass is 16.5. The van der Waals surface area contributed by atoms with E-state index in [1.807, 2.05) is 24.3 Å². The molecule has 1 fully saturated rings. The third-order valence-corrected chi connectivity index (χ3v) is 3.33. The minimum Gasteiger partial charge on any atom is -0.398 e. The molecule has 0 amide bonds. The Balaban J connectivity index is 1.84. The average molecular weight is 219 g/mol. The van der Waals surface area contributed by atoms with Crippen LogP contribution in [0.4, 0.5) is 5.69 Å². The van der Waals surface area contributed by atoms with E-state index >= 15 is 0 Å². The number of hydrogen-bond acceptors (Lipinski definition) is 2. The number of benzene rings is 1. The Morgan fingerprint density at radius 1 is 1.06 bits per heavy atom. The predicted molar refractivity (Wildman–Crippen MR) is 67.1 cm³/mol. The topological polar surface area (TPSA) is 35.2 Å². The fourth-order valence-electron chi connectivity index (χ4n) is 2.28. The monoisotopic (exact) mass is 219 g/mol. The first-order valence-corrected chi connectivity index (χ1v) is 6.31. The minimum atomic E-state index is 0.446. The van der Waals surface area contributed by atoms with E-state index in [-0.39, 0.29) is 0 Å². The van der Waals surface area contributed by atoms with Gasteiger partial charge >= 0.3 is 0 Å². The number of para-hydroxylation sites is 1. The molecule has 0 bridgehead atoms. The van der Waals surface area contributed by atoms with Crippen LogP contribution in [0.3, 0.4) is 0 Å². The summed E-state index contributed by atoms with van der Waals surface area (Å²) in [6.45, 7) is 0.664. The highest BCUT2D eigenvalue weighted by Crippen LogP contribution is 2.21. The van der Waals surface area contributed by atoms with Crippen LogP contribution in [0.2, 0.25) is 0 Å². The van der Waals surface area contributed by atoms with E-state index in [1.165, 1.54) is 38.5 Å². The van der Waals surface area contributed by atoms with Crippen LogP contribution in [0, 0.1) is 0 Å². The lowest BCUT2D eigenvalue weighted by Crippen LogP contribution is -2.12. The average Bonchev–Trinajstić information content (AvgIpc) is 2.56. The van der Waals surface area contributed by atoms with Gasteiger partial charge in [-0.25, -0.2) is 0 Å². The Morgan fingerprint density at radius 2 is 1.75 bits per heavy atom. The molecular weight excluding hydrogens is 198 g/mol. The summed E-state index contributed by atoms with van der Waals surface area (Å²) in [5.74, 6) is 0. The molecule has 0 unspecified atom stereocenters. The maximum atomic E-state index is 5.95. The Hall–Kier alpha value is -1.02. The molecule has 2 nitrogen and oxygen atoms in total. The number of rotatable bonds is 3. The van der Waals surface area contributed by atoms with Crippen molar-refractivity contribution < 1.29 is 4.74 Å². The molecule has 0 aromatic heterocycles. The maximum Gasteiger partial charge on any atom is 0.0740 e. The third-order valence-electron chi connectivity index (χ3n) is 3.33. The summed E-state index contributed by atoms with van der Waals surface area (Å²) >= 11 is 0. The second kappa shape index (κ2) is 5.90. The van der Waals surface area contributed by atoms with Crippen molar-refractivity contribution in [1.29, 1.82) is 0 Å². The van der Waals surface area contributed by atoms with Gasteiger partial charge in [-0.15, -0.1) is 0 Å². The number of nitrogen functional groups attached to an aromatic ring is 1. The molecule has 2 heteroatoms. The Labute approximate surface area is 97.8 Å². The number of nitrogens with two attached hydrogens (primary N) is 1. The van der Waals surface area contributed by atoms with E-state index in [9.17, 15) is 0 Å². The van der Waals surface area contributed by atoms with Gasteiger partial charge in [0.05, 0.1) is 12.7 Å². The molecular formula is C14H21NO. The van der Waals surface area contributed by atoms with Gasteiger partial charge in [0.25, 0.3) is 0 Å². The highest BCUT2D eigenvalue weighted by molar-refractivity contribution is 5.45. The molecule has 0 heterocycles. The lowest BCUT2D eigenvalue weighted by molar-refractivity contribution is 0.0313. The van der Waals surface area contributed by atoms with Gasteiger partial charge < -0.3 is 10.5 Å². The quantitative estimate of drug-likeness (QED) is 0.623. The molecule has 0 saturated heterocycles. The van der Waals surface area contributed by atoms with Crippen molar-refractivity contribution in [2.24, 2.45) is 0 Å². The normalized spacial score (nSPS) is 18.2. The third kappa shape index (κ3) is 3.24. The first-order chi connectivity index (χ1) is 7.86. The van der Waals surface area contributed by atoms with Crippen LogP contribution in [0.15, 0.2) is 24.3 Å². The Morgan fingerprint density at radius 3 is 2.44 bits per heavy atom. The second-order valence-electron chi connectivity index (χ2n) is 4.62. The van der Waals surface area contributed by atoms with Crippen LogP contribution in [-0.4, -0.2) is 6.10 Å². The molecule has 0 spiro atoms. The van der Waals surface area contributed by atoms with Crippen molar-refractivity contribution in [2.75, 3.05) is 5.73 Å². The zero-order valence-electron chi connectivity index (χ0n) is 9.82. The molecule has 0 atom stereocenters. The summed E-state index contributed by atoms with van der Waals surface area (Å²) in [5.41, 5.74) is 7.85. The zero-order valence-corrected chi connectivity index (χ0v) is 9.82. The minimum absolute atomic E-state index is 0.446. The summed E-state index contributed by atoms with van der Waals surface area (Å²) in [4.78, 5) is 0. The van der Waals surface area contributed by atoms with Crippen LogP contribution >= 0.6 is 0 Å². The Bertz CT molecular complexity index is 316. The van der Waals surface area contributed by atoms with Gasteiger partial charge in [0, 0.05) is 11.3 Å². The van der Waals surface area contributed by atoms with E-state index in [1.54, 1.807) is 0 Å². The van der Waals surface area contributed by atoms with Crippen molar-refractivity contribution >= 4 is 5.69 Å². The smallest absolute Gasteiger partial charge is 0.0740 e. The SMILES string of the molecule is Nc1ccccc1COC1CCCCCC1. The molecule has 1 aliphatic carbocycles. The van der Waals surface area contributed by atoms with E-state index in [0.717, 1.165) is 11.3 Å². The molecule has 16 heavy (non-hydrogen) atoms. The predicted octanol–water partition coefficient (Wildman–Crippen LogP) is 3.51. The van der Waals surface area contributed by atoms with Gasteiger partial charge in [0.2, 0.25) is 0 Å². The summed E-state index contributed by atoms with van der Waals surface area (Å²) in [7, 11) is 0. The van der Waals surface area contributed by atoms with Crippen LogP contribution in [0.25, 0.3) is 0 Å². The summed E-state index contributed by atoms with van der Waals surface area (Å²) in [6.07, 6.45) is 8.24. The van der Waals surface area contributed by atoms with Crippen molar-refractivity contribution in [3.05, 3.63) is 29.8 Å². The van der Waals surface area contributed by atoms with Gasteiger partial charge in [-0.1, -0.05) is 43.9 Å². The molecule has 0 radical (unpaired) electrons. The lowest BCUT2D eigenvalue weighted by Gasteiger charge is -2.16. The fraction of sp³-hybridized carbons (Fsp3) is 0.571. The van der Waals surface area contributed by atoms with Crippen LogP contribution in [0.1, 0.15) is 44.1 Å². The van der Waals surface area contributed by atoms with Crippen LogP contribution < -0.4 is 5.73 Å². The molecule has 1 aromatic rings. The van der Waals surface area contributed by atoms with Gasteiger partial charge in [-0.2, -0.15) is 0 Å². The molecule has 0 aliphatic heterocycles. The van der Waals surface area contributed by atoms with Crippen molar-refractivity contribution in [1.82, 2.24) is 0 Å². The second-order valence-corrected chi connectivity index (χ2v) is 4.62. The summed E-state index contributed by atoms with van der Waals surface area (Å²) in [5, 5.41) is 0. The number of anilines is 1. The van der Waals surface area contributed by atoms with Gasteiger partial charge in [-0.3, -0.25) is 0 Å². The molecule has 1 aromatic carbocycles. The van der Waals surface area contributed by atoms with Gasteiger partial charge in [0.1, 0.15) is 0 Å². The fourth-order valence-corrected chi connectivity index (χ4v) is 2.28. The van der Waals surface area contributed by atoms with Gasteiger partial charge in [-0.05, 0) is 18.9 Å². The van der Waals surface area contributed by atoms with Crippen molar-refractivity contribution in [3.63, 3.8) is 0 Å². The van der Waals surface area contributed by atoms with Gasteiger partial charge in [0.15, 0.2) is 0 Å². The standard InChI is InChI=1S/C14H21NO/c15-14-10-6-5-7-12(14)11-16-13-8-3-1-2-4-9-13/h5-7,10,13H,1-4,8-9,11,15H2. The molecule has 2 N–H and O–H groups in total. The van der Waals surface area contributed by atoms with Crippen LogP contribution in [-0.2, 0) is 11.3 Å². The zero-order chi connectivity index (χ0) is 11.2. The van der Waals surface area contributed by atoms with E-state index in [0.29, 0.717) is 12.7 Å². The molecule has 2 rings (SSSR count). The van der Waals surface area contributed by atoms with E-state index in [4.69, 9.17) is 10.5 Å². The summed E-state index contributed by atoms with van der Waals surface area (Å²) < 4.78 is 5.95. The van der Waals surface area contributed by atoms with Crippen molar-refractivity contribution in [2.45, 2.75) is 51.2 Å². The maximum absolute atomic E-state index is 5.95. The highest BCUT2D eigenvalue weighted by Gasteiger charge is 2.12. The van der Waals surface area contributed by atoms with Crippen molar-refractivity contribution in [3.8, 4) is 0 Å². The van der Waals surface area contributed by atoms with Crippen LogP contribution in [0.5, 0.6) is 0 Å². The first kappa shape index (κ1) is 11.5. The molecule has 1 saturated carbocycles. The molecule has 88 valence electrons.